The standard InChI is InChI=1S/C22H28N2O4/c1-22(2,3)17-7-5-16(6-8-17)21(26)24-15-20(25)23-13-14-28-19-11-9-18(27-4)10-12-19/h5-12H,13-15H2,1-4H3,(H,23,25)(H,24,26). The second kappa shape index (κ2) is 9.78. The highest BCUT2D eigenvalue weighted by Gasteiger charge is 2.14. The van der Waals surface area contributed by atoms with Crippen LogP contribution >= 0.6 is 0 Å². The van der Waals surface area contributed by atoms with Crippen molar-refractivity contribution in [3.8, 4) is 11.5 Å². The highest BCUT2D eigenvalue weighted by molar-refractivity contribution is 5.96. The van der Waals surface area contributed by atoms with Gasteiger partial charge in [0.05, 0.1) is 20.2 Å². The highest BCUT2D eigenvalue weighted by Crippen LogP contribution is 2.22. The van der Waals surface area contributed by atoms with Crippen LogP contribution in [0.1, 0.15) is 36.7 Å². The number of hydrogen-bond acceptors (Lipinski definition) is 4. The smallest absolute Gasteiger partial charge is 0.251 e. The van der Waals surface area contributed by atoms with E-state index in [1.54, 1.807) is 43.5 Å². The van der Waals surface area contributed by atoms with Gasteiger partial charge in [-0.1, -0.05) is 32.9 Å². The molecule has 0 aliphatic rings. The molecular formula is C22H28N2O4. The summed E-state index contributed by atoms with van der Waals surface area (Å²) in [6.07, 6.45) is 0. The van der Waals surface area contributed by atoms with Crippen LogP contribution in [0.15, 0.2) is 48.5 Å². The fraction of sp³-hybridized carbons (Fsp3) is 0.364. The van der Waals surface area contributed by atoms with Gasteiger partial charge in [-0.2, -0.15) is 0 Å². The van der Waals surface area contributed by atoms with Crippen molar-refractivity contribution in [2.45, 2.75) is 26.2 Å². The molecule has 2 amide bonds. The highest BCUT2D eigenvalue weighted by atomic mass is 16.5. The van der Waals surface area contributed by atoms with Crippen LogP contribution in [-0.4, -0.2) is 38.6 Å². The van der Waals surface area contributed by atoms with Crippen molar-refractivity contribution in [2.75, 3.05) is 26.8 Å². The summed E-state index contributed by atoms with van der Waals surface area (Å²) in [6, 6.07) is 14.6. The van der Waals surface area contributed by atoms with Crippen LogP contribution < -0.4 is 20.1 Å². The van der Waals surface area contributed by atoms with Gasteiger partial charge in [-0.25, -0.2) is 0 Å². The van der Waals surface area contributed by atoms with E-state index in [0.29, 0.717) is 24.5 Å². The van der Waals surface area contributed by atoms with Crippen molar-refractivity contribution in [2.24, 2.45) is 0 Å². The third-order valence-electron chi connectivity index (χ3n) is 4.18. The van der Waals surface area contributed by atoms with E-state index in [1.165, 1.54) is 0 Å². The van der Waals surface area contributed by atoms with E-state index in [4.69, 9.17) is 9.47 Å². The molecule has 0 spiro atoms. The van der Waals surface area contributed by atoms with Gasteiger partial charge in [-0.15, -0.1) is 0 Å². The topological polar surface area (TPSA) is 76.7 Å². The number of ether oxygens (including phenoxy) is 2. The summed E-state index contributed by atoms with van der Waals surface area (Å²) >= 11 is 0. The van der Waals surface area contributed by atoms with Gasteiger partial charge in [0.15, 0.2) is 0 Å². The van der Waals surface area contributed by atoms with Crippen LogP contribution in [0.5, 0.6) is 11.5 Å². The van der Waals surface area contributed by atoms with E-state index >= 15 is 0 Å². The molecule has 6 nitrogen and oxygen atoms in total. The molecule has 0 aliphatic carbocycles. The summed E-state index contributed by atoms with van der Waals surface area (Å²) in [7, 11) is 1.60. The number of rotatable bonds is 8. The summed E-state index contributed by atoms with van der Waals surface area (Å²) in [5, 5.41) is 5.33. The summed E-state index contributed by atoms with van der Waals surface area (Å²) < 4.78 is 10.6. The molecule has 0 unspecified atom stereocenters. The van der Waals surface area contributed by atoms with Crippen LogP contribution in [0.2, 0.25) is 0 Å². The normalized spacial score (nSPS) is 10.9. The molecule has 0 atom stereocenters. The molecule has 150 valence electrons. The van der Waals surface area contributed by atoms with Gasteiger partial charge < -0.3 is 20.1 Å². The fourth-order valence-electron chi connectivity index (χ4n) is 2.48. The monoisotopic (exact) mass is 384 g/mol. The number of carbonyl (C=O) groups is 2. The van der Waals surface area contributed by atoms with Crippen molar-refractivity contribution in [1.29, 1.82) is 0 Å². The third-order valence-corrected chi connectivity index (χ3v) is 4.18. The van der Waals surface area contributed by atoms with E-state index in [-0.39, 0.29) is 23.8 Å². The molecule has 0 saturated heterocycles. The molecule has 2 N–H and O–H groups in total. The van der Waals surface area contributed by atoms with Crippen molar-refractivity contribution < 1.29 is 19.1 Å². The zero-order chi connectivity index (χ0) is 20.6. The number of nitrogens with one attached hydrogen (secondary N) is 2. The van der Waals surface area contributed by atoms with E-state index in [0.717, 1.165) is 11.3 Å². The van der Waals surface area contributed by atoms with E-state index in [2.05, 4.69) is 31.4 Å². The van der Waals surface area contributed by atoms with Crippen molar-refractivity contribution in [3.05, 3.63) is 59.7 Å². The van der Waals surface area contributed by atoms with Crippen molar-refractivity contribution in [1.82, 2.24) is 10.6 Å². The molecule has 0 fully saturated rings. The van der Waals surface area contributed by atoms with Gasteiger partial charge in [0.1, 0.15) is 18.1 Å². The maximum absolute atomic E-state index is 12.2. The predicted molar refractivity (Wildman–Crippen MR) is 109 cm³/mol. The molecule has 0 bridgehead atoms. The Morgan fingerprint density at radius 1 is 0.893 bits per heavy atom. The molecular weight excluding hydrogens is 356 g/mol. The molecule has 0 aromatic heterocycles. The molecule has 0 heterocycles. The largest absolute Gasteiger partial charge is 0.497 e. The summed E-state index contributed by atoms with van der Waals surface area (Å²) in [6.45, 7) is 6.95. The summed E-state index contributed by atoms with van der Waals surface area (Å²) in [5.74, 6) is 0.912. The fourth-order valence-corrected chi connectivity index (χ4v) is 2.48. The molecule has 0 saturated carbocycles. The van der Waals surface area contributed by atoms with Crippen molar-refractivity contribution in [3.63, 3.8) is 0 Å². The Kier molecular flexibility index (Phi) is 7.44. The Labute approximate surface area is 166 Å². The lowest BCUT2D eigenvalue weighted by atomic mass is 9.87. The third kappa shape index (κ3) is 6.61. The quantitative estimate of drug-likeness (QED) is 0.686. The van der Waals surface area contributed by atoms with Crippen LogP contribution in [0, 0.1) is 0 Å². The lowest BCUT2D eigenvalue weighted by Crippen LogP contribution is -2.38. The Morgan fingerprint density at radius 3 is 2.07 bits per heavy atom. The van der Waals surface area contributed by atoms with E-state index < -0.39 is 0 Å². The average molecular weight is 384 g/mol. The van der Waals surface area contributed by atoms with E-state index in [9.17, 15) is 9.59 Å². The van der Waals surface area contributed by atoms with Crippen LogP contribution in [0.3, 0.4) is 0 Å². The van der Waals surface area contributed by atoms with Gasteiger partial charge in [0, 0.05) is 5.56 Å². The molecule has 2 rings (SSSR count). The van der Waals surface area contributed by atoms with Gasteiger partial charge in [-0.05, 0) is 47.4 Å². The lowest BCUT2D eigenvalue weighted by Gasteiger charge is -2.19. The Morgan fingerprint density at radius 2 is 1.50 bits per heavy atom. The minimum Gasteiger partial charge on any atom is -0.497 e. The molecule has 6 heteroatoms. The first-order valence-corrected chi connectivity index (χ1v) is 9.22. The predicted octanol–water partition coefficient (Wildman–Crippen LogP) is 2.92. The lowest BCUT2D eigenvalue weighted by molar-refractivity contribution is -0.120. The maximum Gasteiger partial charge on any atom is 0.251 e. The average Bonchev–Trinajstić information content (AvgIpc) is 2.69. The number of hydrogen-bond donors (Lipinski definition) is 2. The van der Waals surface area contributed by atoms with Gasteiger partial charge in [0.2, 0.25) is 5.91 Å². The van der Waals surface area contributed by atoms with Crippen molar-refractivity contribution >= 4 is 11.8 Å². The molecule has 2 aromatic carbocycles. The SMILES string of the molecule is COc1ccc(OCCNC(=O)CNC(=O)c2ccc(C(C)(C)C)cc2)cc1. The minimum atomic E-state index is -0.273. The molecule has 2 aromatic rings. The zero-order valence-corrected chi connectivity index (χ0v) is 16.9. The molecule has 0 aliphatic heterocycles. The van der Waals surface area contributed by atoms with Gasteiger partial charge in [-0.3, -0.25) is 9.59 Å². The van der Waals surface area contributed by atoms with Crippen LogP contribution in [0.25, 0.3) is 0 Å². The zero-order valence-electron chi connectivity index (χ0n) is 16.9. The number of carbonyl (C=O) groups excluding carboxylic acids is 2. The Balaban J connectivity index is 1.68. The first-order valence-electron chi connectivity index (χ1n) is 9.22. The van der Waals surface area contributed by atoms with E-state index in [1.807, 2.05) is 12.1 Å². The Hall–Kier alpha value is -3.02. The van der Waals surface area contributed by atoms with Gasteiger partial charge >= 0.3 is 0 Å². The first kappa shape index (κ1) is 21.3. The second-order valence-corrected chi connectivity index (χ2v) is 7.38. The number of amides is 2. The second-order valence-electron chi connectivity index (χ2n) is 7.38. The number of methoxy groups -OCH3 is 1. The maximum atomic E-state index is 12.2. The van der Waals surface area contributed by atoms with Gasteiger partial charge in [0.25, 0.3) is 5.91 Å². The summed E-state index contributed by atoms with van der Waals surface area (Å²) in [4.78, 5) is 24.0. The molecule has 0 radical (unpaired) electrons. The first-order chi connectivity index (χ1) is 13.3. The minimum absolute atomic E-state index is 0.0305. The van der Waals surface area contributed by atoms with Crippen LogP contribution in [0.4, 0.5) is 0 Å². The summed E-state index contributed by atoms with van der Waals surface area (Å²) in [5.41, 5.74) is 1.71. The van der Waals surface area contributed by atoms with Crippen LogP contribution in [-0.2, 0) is 10.2 Å². The Bertz CT molecular complexity index is 778. The molecule has 28 heavy (non-hydrogen) atoms. The number of benzene rings is 2.